The average Bonchev–Trinajstić information content (AvgIpc) is 2.54. The summed E-state index contributed by atoms with van der Waals surface area (Å²) in [5.41, 5.74) is 6.63. The second-order valence-electron chi connectivity index (χ2n) is 5.34. The topological polar surface area (TPSA) is 106 Å². The second-order valence-corrected chi connectivity index (χ2v) is 7.45. The molecule has 0 atom stereocenters. The first-order valence-corrected chi connectivity index (χ1v) is 8.93. The molecule has 7 heteroatoms. The van der Waals surface area contributed by atoms with Crippen LogP contribution in [0.4, 0.5) is 5.69 Å². The smallest absolute Gasteiger partial charge is 0.250 e. The third kappa shape index (κ3) is 4.42. The highest BCUT2D eigenvalue weighted by molar-refractivity contribution is 7.91. The predicted octanol–water partition coefficient (Wildman–Crippen LogP) is 1.90. The van der Waals surface area contributed by atoms with Crippen molar-refractivity contribution in [3.8, 4) is 0 Å². The lowest BCUT2D eigenvalue weighted by Gasteiger charge is -2.09. The van der Waals surface area contributed by atoms with E-state index in [1.54, 1.807) is 24.3 Å². The van der Waals surface area contributed by atoms with E-state index in [1.165, 1.54) is 24.3 Å². The van der Waals surface area contributed by atoms with Crippen molar-refractivity contribution in [2.75, 3.05) is 11.1 Å². The summed E-state index contributed by atoms with van der Waals surface area (Å²) < 4.78 is 24.4. The number of sulfone groups is 1. The number of carbonyl (C=O) groups excluding carboxylic acids is 2. The maximum absolute atomic E-state index is 12.2. The predicted molar refractivity (Wildman–Crippen MR) is 91.4 cm³/mol. The van der Waals surface area contributed by atoms with Gasteiger partial charge in [0.15, 0.2) is 9.84 Å². The minimum Gasteiger partial charge on any atom is -0.366 e. The zero-order valence-electron chi connectivity index (χ0n) is 13.2. The molecule has 6 nitrogen and oxygen atoms in total. The molecule has 0 radical (unpaired) electrons. The van der Waals surface area contributed by atoms with Crippen molar-refractivity contribution < 1.29 is 18.0 Å². The quantitative estimate of drug-likeness (QED) is 0.833. The fraction of sp³-hybridized carbons (Fsp3) is 0.176. The van der Waals surface area contributed by atoms with Crippen molar-refractivity contribution in [1.29, 1.82) is 0 Å². The van der Waals surface area contributed by atoms with Crippen molar-refractivity contribution in [3.63, 3.8) is 0 Å². The standard InChI is InChI=1S/C17H18N2O4S/c1-12-6-8-13(9-7-12)24(22,23)11-10-16(20)19-15-5-3-2-4-14(15)17(18)21/h2-9H,10-11H2,1H3,(H2,18,21)(H,19,20). The van der Waals surface area contributed by atoms with Gasteiger partial charge < -0.3 is 11.1 Å². The molecule has 0 spiro atoms. The van der Waals surface area contributed by atoms with Gasteiger partial charge in [-0.3, -0.25) is 9.59 Å². The summed E-state index contributed by atoms with van der Waals surface area (Å²) in [6, 6.07) is 12.7. The first-order valence-electron chi connectivity index (χ1n) is 7.28. The highest BCUT2D eigenvalue weighted by atomic mass is 32.2. The summed E-state index contributed by atoms with van der Waals surface area (Å²) in [6.07, 6.45) is -0.219. The molecule has 2 amide bonds. The minimum absolute atomic E-state index is 0.173. The fourth-order valence-corrected chi connectivity index (χ4v) is 3.35. The molecule has 0 saturated heterocycles. The van der Waals surface area contributed by atoms with Gasteiger partial charge in [0.05, 0.1) is 21.9 Å². The molecule has 0 unspecified atom stereocenters. The molecule has 0 saturated carbocycles. The van der Waals surface area contributed by atoms with Crippen molar-refractivity contribution in [3.05, 3.63) is 59.7 Å². The molecule has 0 fully saturated rings. The van der Waals surface area contributed by atoms with Gasteiger partial charge in [-0.2, -0.15) is 0 Å². The van der Waals surface area contributed by atoms with E-state index in [0.29, 0.717) is 0 Å². The van der Waals surface area contributed by atoms with Crippen molar-refractivity contribution >= 4 is 27.3 Å². The molecular formula is C17H18N2O4S. The molecular weight excluding hydrogens is 328 g/mol. The van der Waals surface area contributed by atoms with E-state index in [4.69, 9.17) is 5.73 Å². The third-order valence-corrected chi connectivity index (χ3v) is 5.18. The van der Waals surface area contributed by atoms with E-state index in [1.807, 2.05) is 6.92 Å². The van der Waals surface area contributed by atoms with E-state index < -0.39 is 21.7 Å². The van der Waals surface area contributed by atoms with Crippen LogP contribution in [0.25, 0.3) is 0 Å². The maximum Gasteiger partial charge on any atom is 0.250 e. The van der Waals surface area contributed by atoms with E-state index >= 15 is 0 Å². The zero-order chi connectivity index (χ0) is 17.7. The van der Waals surface area contributed by atoms with Crippen LogP contribution in [-0.4, -0.2) is 26.0 Å². The van der Waals surface area contributed by atoms with Crippen LogP contribution in [0.5, 0.6) is 0 Å². The summed E-state index contributed by atoms with van der Waals surface area (Å²) in [5, 5.41) is 2.52. The zero-order valence-corrected chi connectivity index (χ0v) is 14.0. The molecule has 0 aliphatic carbocycles. The van der Waals surface area contributed by atoms with Gasteiger partial charge >= 0.3 is 0 Å². The number of amides is 2. The first kappa shape index (κ1) is 17.7. The van der Waals surface area contributed by atoms with Gasteiger partial charge in [0.2, 0.25) is 5.91 Å². The van der Waals surface area contributed by atoms with Gasteiger partial charge in [-0.1, -0.05) is 29.8 Å². The van der Waals surface area contributed by atoms with Crippen molar-refractivity contribution in [1.82, 2.24) is 0 Å². The number of hydrogen-bond acceptors (Lipinski definition) is 4. The number of nitrogens with one attached hydrogen (secondary N) is 1. The lowest BCUT2D eigenvalue weighted by atomic mass is 10.1. The number of primary amides is 1. The van der Waals surface area contributed by atoms with E-state index in [-0.39, 0.29) is 28.3 Å². The molecule has 3 N–H and O–H groups in total. The normalized spacial score (nSPS) is 11.0. The Balaban J connectivity index is 2.03. The van der Waals surface area contributed by atoms with Gasteiger partial charge in [0.25, 0.3) is 5.91 Å². The molecule has 0 aliphatic heterocycles. The molecule has 0 aromatic heterocycles. The molecule has 0 aliphatic rings. The summed E-state index contributed by atoms with van der Waals surface area (Å²) in [6.45, 7) is 1.86. The first-order chi connectivity index (χ1) is 11.3. The third-order valence-electron chi connectivity index (χ3n) is 3.44. The Morgan fingerprint density at radius 1 is 1.04 bits per heavy atom. The number of anilines is 1. The lowest BCUT2D eigenvalue weighted by Crippen LogP contribution is -2.20. The highest BCUT2D eigenvalue weighted by Gasteiger charge is 2.17. The van der Waals surface area contributed by atoms with Crippen LogP contribution < -0.4 is 11.1 Å². The Morgan fingerprint density at radius 3 is 2.29 bits per heavy atom. The average molecular weight is 346 g/mol. The molecule has 24 heavy (non-hydrogen) atoms. The number of nitrogens with two attached hydrogens (primary N) is 1. The molecule has 2 aromatic rings. The molecule has 0 bridgehead atoms. The van der Waals surface area contributed by atoms with Crippen LogP contribution >= 0.6 is 0 Å². The monoisotopic (exact) mass is 346 g/mol. The highest BCUT2D eigenvalue weighted by Crippen LogP contribution is 2.16. The van der Waals surface area contributed by atoms with E-state index in [2.05, 4.69) is 5.32 Å². The SMILES string of the molecule is Cc1ccc(S(=O)(=O)CCC(=O)Nc2ccccc2C(N)=O)cc1. The van der Waals surface area contributed by atoms with Crippen molar-refractivity contribution in [2.45, 2.75) is 18.2 Å². The maximum atomic E-state index is 12.2. The summed E-state index contributed by atoms with van der Waals surface area (Å²) >= 11 is 0. The van der Waals surface area contributed by atoms with E-state index in [0.717, 1.165) is 5.56 Å². The van der Waals surface area contributed by atoms with Gasteiger partial charge in [0, 0.05) is 6.42 Å². The van der Waals surface area contributed by atoms with Crippen LogP contribution in [-0.2, 0) is 14.6 Å². The van der Waals surface area contributed by atoms with Crippen LogP contribution in [0, 0.1) is 6.92 Å². The Kier molecular flexibility index (Phi) is 5.35. The largest absolute Gasteiger partial charge is 0.366 e. The van der Waals surface area contributed by atoms with Gasteiger partial charge in [-0.05, 0) is 31.2 Å². The number of benzene rings is 2. The van der Waals surface area contributed by atoms with Crippen molar-refractivity contribution in [2.24, 2.45) is 5.73 Å². The van der Waals surface area contributed by atoms with Crippen LogP contribution in [0.1, 0.15) is 22.3 Å². The Hall–Kier alpha value is -2.67. The Morgan fingerprint density at radius 2 is 1.67 bits per heavy atom. The van der Waals surface area contributed by atoms with Crippen LogP contribution in [0.2, 0.25) is 0 Å². The summed E-state index contributed by atoms with van der Waals surface area (Å²) in [4.78, 5) is 23.5. The molecule has 2 rings (SSSR count). The van der Waals surface area contributed by atoms with Gasteiger partial charge in [0.1, 0.15) is 0 Å². The minimum atomic E-state index is -3.54. The number of rotatable bonds is 6. The molecule has 0 heterocycles. The Labute approximate surface area is 140 Å². The van der Waals surface area contributed by atoms with Gasteiger partial charge in [-0.15, -0.1) is 0 Å². The summed E-state index contributed by atoms with van der Waals surface area (Å²) in [5.74, 6) is -1.49. The number of carbonyl (C=O) groups is 2. The second kappa shape index (κ2) is 7.27. The van der Waals surface area contributed by atoms with Crippen LogP contribution in [0.15, 0.2) is 53.4 Å². The molecule has 126 valence electrons. The number of para-hydroxylation sites is 1. The number of hydrogen-bond donors (Lipinski definition) is 2. The fourth-order valence-electron chi connectivity index (χ4n) is 2.11. The van der Waals surface area contributed by atoms with E-state index in [9.17, 15) is 18.0 Å². The van der Waals surface area contributed by atoms with Gasteiger partial charge in [-0.25, -0.2) is 8.42 Å². The summed E-state index contributed by atoms with van der Waals surface area (Å²) in [7, 11) is -3.54. The number of aryl methyl sites for hydroxylation is 1. The van der Waals surface area contributed by atoms with Crippen LogP contribution in [0.3, 0.4) is 0 Å². The molecule has 2 aromatic carbocycles. The Bertz CT molecular complexity index is 858. The lowest BCUT2D eigenvalue weighted by molar-refractivity contribution is -0.115.